The van der Waals surface area contributed by atoms with E-state index >= 15 is 0 Å². The van der Waals surface area contributed by atoms with Crippen LogP contribution in [0.2, 0.25) is 0 Å². The number of rotatable bonds is 0. The maximum atomic E-state index is 7.33. The van der Waals surface area contributed by atoms with Crippen molar-refractivity contribution in [1.82, 2.24) is 0 Å². The molecule has 0 aliphatic rings. The van der Waals surface area contributed by atoms with Crippen molar-refractivity contribution in [3.8, 4) is 0 Å². The van der Waals surface area contributed by atoms with E-state index < -0.39 is 9.05 Å². The summed E-state index contributed by atoms with van der Waals surface area (Å²) in [5.41, 5.74) is 0. The zero-order chi connectivity index (χ0) is 4.50. The number of hydrogen-bond acceptors (Lipinski definition) is 4. The molecule has 0 radical (unpaired) electrons. The number of hydrogen-bond donors (Lipinski definition) is 4. The third kappa shape index (κ3) is 165. The van der Waals surface area contributed by atoms with Gasteiger partial charge < -0.3 is 19.2 Å². The van der Waals surface area contributed by atoms with Crippen molar-refractivity contribution in [2.75, 3.05) is 0 Å². The Morgan fingerprint density at radius 1 is 0.875 bits per heavy atom. The van der Waals surface area contributed by atoms with Crippen LogP contribution in [0.1, 0.15) is 0 Å². The standard InChI is InChI=1S/Al.Cr.H4O4Si.H4Si.3H/c;;1-5(2,3)4;;;;/h;;1-4H;1H4;;;. The second-order valence-corrected chi connectivity index (χ2v) is 1.80. The minimum Gasteiger partial charge on any atom is -0.368 e. The van der Waals surface area contributed by atoms with E-state index in [1.165, 1.54) is 0 Å². The molecule has 0 unspecified atom stereocenters. The monoisotopic (exact) mass is 210 g/mol. The molecular formula is H11AlCrO4Si2. The van der Waals surface area contributed by atoms with Crippen molar-refractivity contribution in [3.05, 3.63) is 0 Å². The minimum atomic E-state index is -4.61. The summed E-state index contributed by atoms with van der Waals surface area (Å²) in [6.07, 6.45) is 0. The van der Waals surface area contributed by atoms with Gasteiger partial charge in [0.1, 0.15) is 0 Å². The van der Waals surface area contributed by atoms with Crippen LogP contribution in [0, 0.1) is 0 Å². The first-order chi connectivity index (χ1) is 2.00. The summed E-state index contributed by atoms with van der Waals surface area (Å²) in [6.45, 7) is 0. The van der Waals surface area contributed by atoms with Gasteiger partial charge in [-0.1, -0.05) is 0 Å². The van der Waals surface area contributed by atoms with Crippen molar-refractivity contribution in [2.24, 2.45) is 0 Å². The second-order valence-electron chi connectivity index (χ2n) is 0.600. The summed E-state index contributed by atoms with van der Waals surface area (Å²) in [7, 11) is -4.61. The zero-order valence-electron chi connectivity index (χ0n) is 2.70. The smallest absolute Gasteiger partial charge is 0.368 e. The Bertz CT molecular complexity index is 29.5. The summed E-state index contributed by atoms with van der Waals surface area (Å²) in [5, 5.41) is 0. The van der Waals surface area contributed by atoms with E-state index in [0.717, 1.165) is 0 Å². The predicted molar refractivity (Wildman–Crippen MR) is 35.9 cm³/mol. The average Bonchev–Trinajstić information content (AvgIpc) is 0.722. The van der Waals surface area contributed by atoms with Gasteiger partial charge in [-0.2, -0.15) is 0 Å². The van der Waals surface area contributed by atoms with Gasteiger partial charge in [-0.05, 0) is 11.0 Å². The van der Waals surface area contributed by atoms with Crippen molar-refractivity contribution in [1.29, 1.82) is 0 Å². The zero-order valence-corrected chi connectivity index (χ0v) is 4.97. The van der Waals surface area contributed by atoms with Crippen LogP contribution in [-0.2, 0) is 17.4 Å². The van der Waals surface area contributed by atoms with Crippen LogP contribution in [0.25, 0.3) is 0 Å². The molecule has 0 aromatic carbocycles. The molecule has 0 amide bonds. The van der Waals surface area contributed by atoms with E-state index in [1.807, 2.05) is 0 Å². The Morgan fingerprint density at radius 2 is 0.875 bits per heavy atom. The average molecular weight is 210 g/mol. The van der Waals surface area contributed by atoms with E-state index in [1.54, 1.807) is 0 Å². The van der Waals surface area contributed by atoms with Gasteiger partial charge >= 0.3 is 9.05 Å². The SMILES string of the molecule is O[Si](O)(O)O.[AlH3].[Cr].[SiH4]. The summed E-state index contributed by atoms with van der Waals surface area (Å²) in [6, 6.07) is 0. The Labute approximate surface area is 73.9 Å². The Morgan fingerprint density at radius 3 is 0.875 bits per heavy atom. The summed E-state index contributed by atoms with van der Waals surface area (Å²) in [5.74, 6) is 0. The van der Waals surface area contributed by atoms with Crippen molar-refractivity contribution < 1.29 is 36.5 Å². The first kappa shape index (κ1) is 22.8. The molecule has 0 aliphatic heterocycles. The van der Waals surface area contributed by atoms with Gasteiger partial charge in [0.25, 0.3) is 0 Å². The van der Waals surface area contributed by atoms with Crippen molar-refractivity contribution in [3.63, 3.8) is 0 Å². The first-order valence-corrected chi connectivity index (χ1v) is 2.68. The maximum Gasteiger partial charge on any atom is 0.668 e. The Kier molecular flexibility index (Phi) is 23.7. The Balaban J connectivity index is -0.0000000267. The van der Waals surface area contributed by atoms with Crippen LogP contribution < -0.4 is 0 Å². The van der Waals surface area contributed by atoms with Crippen molar-refractivity contribution in [2.45, 2.75) is 0 Å². The van der Waals surface area contributed by atoms with E-state index in [0.29, 0.717) is 0 Å². The first-order valence-electron chi connectivity index (χ1n) is 0.894. The summed E-state index contributed by atoms with van der Waals surface area (Å²) in [4.78, 5) is 29.3. The molecule has 0 heterocycles. The maximum absolute atomic E-state index is 7.33. The molecule has 8 heavy (non-hydrogen) atoms. The van der Waals surface area contributed by atoms with Gasteiger partial charge in [0.05, 0.1) is 0 Å². The van der Waals surface area contributed by atoms with Gasteiger partial charge in [-0.15, -0.1) is 0 Å². The molecule has 0 bridgehead atoms. The van der Waals surface area contributed by atoms with Crippen LogP contribution in [0.3, 0.4) is 0 Å². The fourth-order valence-corrected chi connectivity index (χ4v) is 0. The molecule has 0 aliphatic carbocycles. The van der Waals surface area contributed by atoms with Crippen LogP contribution in [0.4, 0.5) is 0 Å². The van der Waals surface area contributed by atoms with Gasteiger partial charge in [-0.25, -0.2) is 0 Å². The normalized spacial score (nSPS) is 7.50. The molecule has 52 valence electrons. The third-order valence-corrected chi connectivity index (χ3v) is 0. The predicted octanol–water partition coefficient (Wildman–Crippen LogP) is -5.25. The van der Waals surface area contributed by atoms with Crippen LogP contribution in [0.5, 0.6) is 0 Å². The van der Waals surface area contributed by atoms with E-state index in [-0.39, 0.29) is 45.7 Å². The van der Waals surface area contributed by atoms with Crippen LogP contribution in [0.15, 0.2) is 0 Å². The molecule has 0 aromatic rings. The molecule has 0 fully saturated rings. The summed E-state index contributed by atoms with van der Waals surface area (Å²) >= 11 is 0. The minimum absolute atomic E-state index is 0. The topological polar surface area (TPSA) is 80.9 Å². The molecule has 4 nitrogen and oxygen atoms in total. The van der Waals surface area contributed by atoms with Gasteiger partial charge in [0.15, 0.2) is 17.4 Å². The molecule has 0 rings (SSSR count). The van der Waals surface area contributed by atoms with Gasteiger partial charge in [-0.3, -0.25) is 0 Å². The van der Waals surface area contributed by atoms with Gasteiger partial charge in [0.2, 0.25) is 0 Å². The van der Waals surface area contributed by atoms with Crippen LogP contribution in [-0.4, -0.2) is 56.6 Å². The van der Waals surface area contributed by atoms with Crippen LogP contribution >= 0.6 is 0 Å². The van der Waals surface area contributed by atoms with E-state index in [9.17, 15) is 0 Å². The molecular weight excluding hydrogens is 199 g/mol. The fourth-order valence-electron chi connectivity index (χ4n) is 0. The molecule has 0 atom stereocenters. The summed E-state index contributed by atoms with van der Waals surface area (Å²) < 4.78 is 0. The second kappa shape index (κ2) is 8.34. The van der Waals surface area contributed by atoms with Gasteiger partial charge in [0, 0.05) is 17.4 Å². The third-order valence-electron chi connectivity index (χ3n) is 0. The molecule has 0 spiro atoms. The van der Waals surface area contributed by atoms with E-state index in [2.05, 4.69) is 0 Å². The molecule has 0 aromatic heterocycles. The molecule has 0 saturated carbocycles. The Hall–Kier alpha value is 1.34. The fraction of sp³-hybridized carbons (Fsp3) is 0. The molecule has 0 saturated heterocycles. The molecule has 8 heteroatoms. The van der Waals surface area contributed by atoms with Crippen molar-refractivity contribution >= 4 is 37.4 Å². The molecule has 4 N–H and O–H groups in total. The quantitative estimate of drug-likeness (QED) is 0.301. The van der Waals surface area contributed by atoms with E-state index in [4.69, 9.17) is 19.2 Å². The largest absolute Gasteiger partial charge is 0.668 e.